The Morgan fingerprint density at radius 2 is 1.96 bits per heavy atom. The molecule has 1 saturated carbocycles. The molecule has 23 heavy (non-hydrogen) atoms. The van der Waals surface area contributed by atoms with Crippen molar-refractivity contribution < 1.29 is 9.53 Å². The van der Waals surface area contributed by atoms with Gasteiger partial charge in [-0.05, 0) is 12.3 Å². The summed E-state index contributed by atoms with van der Waals surface area (Å²) in [4.78, 5) is 17.5. The van der Waals surface area contributed by atoms with Crippen molar-refractivity contribution >= 4 is 5.91 Å². The summed E-state index contributed by atoms with van der Waals surface area (Å²) >= 11 is 0. The zero-order chi connectivity index (χ0) is 15.9. The van der Waals surface area contributed by atoms with Gasteiger partial charge in [0.2, 0.25) is 5.91 Å². The molecule has 3 heterocycles. The molecule has 6 nitrogen and oxygen atoms in total. The first-order valence-corrected chi connectivity index (χ1v) is 9.29. The quantitative estimate of drug-likeness (QED) is 0.731. The summed E-state index contributed by atoms with van der Waals surface area (Å²) in [5, 5.41) is 7.08. The van der Waals surface area contributed by atoms with Crippen LogP contribution in [0.5, 0.6) is 0 Å². The average molecular weight is 322 g/mol. The summed E-state index contributed by atoms with van der Waals surface area (Å²) in [5.74, 6) is 0.964. The number of piperazine rings is 1. The van der Waals surface area contributed by atoms with E-state index >= 15 is 0 Å². The number of ether oxygens (including phenoxy) is 1. The van der Waals surface area contributed by atoms with Crippen molar-refractivity contribution in [3.63, 3.8) is 0 Å². The second-order valence-corrected chi connectivity index (χ2v) is 7.83. The molecular formula is C17H30N4O2. The van der Waals surface area contributed by atoms with Crippen LogP contribution in [0.1, 0.15) is 38.5 Å². The van der Waals surface area contributed by atoms with Crippen LogP contribution in [0.15, 0.2) is 0 Å². The zero-order valence-electron chi connectivity index (χ0n) is 14.2. The first kappa shape index (κ1) is 15.8. The van der Waals surface area contributed by atoms with Crippen LogP contribution < -0.4 is 10.6 Å². The standard InChI is InChI=1S/C17H30N4O2/c1-20-15-14(18-15)19-17(16(20)22,11-13-5-3-2-4-6-13)12-21-7-9-23-10-8-21/h13-15,18-19H,2-12H2,1H3. The van der Waals surface area contributed by atoms with Crippen molar-refractivity contribution in [3.05, 3.63) is 0 Å². The molecule has 0 bridgehead atoms. The van der Waals surface area contributed by atoms with E-state index in [1.807, 2.05) is 11.9 Å². The fraction of sp³-hybridized carbons (Fsp3) is 0.941. The molecule has 0 aromatic heterocycles. The topological polar surface area (TPSA) is 66.8 Å². The maximum absolute atomic E-state index is 13.2. The zero-order valence-corrected chi connectivity index (χ0v) is 14.2. The Morgan fingerprint density at radius 1 is 1.22 bits per heavy atom. The molecule has 3 atom stereocenters. The number of fused-ring (bicyclic) bond motifs is 1. The van der Waals surface area contributed by atoms with E-state index in [4.69, 9.17) is 4.74 Å². The SMILES string of the molecule is CN1C(=O)C(CC2CCCCC2)(CN2CCOCC2)NC2NC21. The van der Waals surface area contributed by atoms with Crippen molar-refractivity contribution in [2.24, 2.45) is 5.92 Å². The molecule has 4 rings (SSSR count). The van der Waals surface area contributed by atoms with Gasteiger partial charge in [-0.25, -0.2) is 0 Å². The third-order valence-electron chi connectivity index (χ3n) is 6.09. The van der Waals surface area contributed by atoms with Gasteiger partial charge < -0.3 is 9.64 Å². The summed E-state index contributed by atoms with van der Waals surface area (Å²) in [7, 11) is 1.95. The molecular weight excluding hydrogens is 292 g/mol. The molecule has 0 radical (unpaired) electrons. The minimum atomic E-state index is -0.418. The summed E-state index contributed by atoms with van der Waals surface area (Å²) in [6, 6.07) is 0. The number of carbonyl (C=O) groups excluding carboxylic acids is 1. The third-order valence-corrected chi connectivity index (χ3v) is 6.09. The molecule has 130 valence electrons. The van der Waals surface area contributed by atoms with E-state index in [-0.39, 0.29) is 18.2 Å². The van der Waals surface area contributed by atoms with E-state index in [2.05, 4.69) is 15.5 Å². The van der Waals surface area contributed by atoms with Crippen LogP contribution in [0.3, 0.4) is 0 Å². The fourth-order valence-corrected chi connectivity index (χ4v) is 4.76. The average Bonchev–Trinajstić information content (AvgIpc) is 3.34. The Morgan fingerprint density at radius 3 is 2.70 bits per heavy atom. The molecule has 1 amide bonds. The molecule has 6 heteroatoms. The Labute approximate surface area is 138 Å². The maximum atomic E-state index is 13.2. The Hall–Kier alpha value is -0.690. The lowest BCUT2D eigenvalue weighted by molar-refractivity contribution is -0.143. The number of hydrogen-bond acceptors (Lipinski definition) is 5. The van der Waals surface area contributed by atoms with Gasteiger partial charge in [-0.1, -0.05) is 32.1 Å². The number of hydrogen-bond donors (Lipinski definition) is 2. The van der Waals surface area contributed by atoms with Crippen molar-refractivity contribution in [3.8, 4) is 0 Å². The Kier molecular flexibility index (Phi) is 4.34. The number of nitrogens with one attached hydrogen (secondary N) is 2. The first-order chi connectivity index (χ1) is 11.2. The summed E-state index contributed by atoms with van der Waals surface area (Å²) in [6.45, 7) is 4.27. The highest BCUT2D eigenvalue weighted by molar-refractivity contribution is 5.88. The number of morpholine rings is 1. The molecule has 4 aliphatic rings. The van der Waals surface area contributed by atoms with Gasteiger partial charge in [-0.3, -0.25) is 20.3 Å². The number of nitrogens with zero attached hydrogens (tertiary/aromatic N) is 2. The molecule has 4 fully saturated rings. The third kappa shape index (κ3) is 3.14. The molecule has 1 aliphatic carbocycles. The van der Waals surface area contributed by atoms with E-state index in [1.54, 1.807) is 0 Å². The number of likely N-dealkylation sites (N-methyl/N-ethyl adjacent to an activating group) is 1. The van der Waals surface area contributed by atoms with E-state index in [0.717, 1.165) is 39.3 Å². The van der Waals surface area contributed by atoms with Gasteiger partial charge >= 0.3 is 0 Å². The fourth-order valence-electron chi connectivity index (χ4n) is 4.76. The predicted octanol–water partition coefficient (Wildman–Crippen LogP) is 0.345. The number of amides is 1. The Bertz CT molecular complexity index is 426. The lowest BCUT2D eigenvalue weighted by atomic mass is 9.77. The predicted molar refractivity (Wildman–Crippen MR) is 87.8 cm³/mol. The molecule has 0 aromatic rings. The lowest BCUT2D eigenvalue weighted by Gasteiger charge is -2.45. The molecule has 0 spiro atoms. The summed E-state index contributed by atoms with van der Waals surface area (Å²) in [6.07, 6.45) is 8.04. The highest BCUT2D eigenvalue weighted by Gasteiger charge is 2.57. The van der Waals surface area contributed by atoms with Crippen LogP contribution in [0, 0.1) is 5.92 Å². The van der Waals surface area contributed by atoms with Crippen LogP contribution in [-0.2, 0) is 9.53 Å². The lowest BCUT2D eigenvalue weighted by Crippen LogP contribution is -2.68. The van der Waals surface area contributed by atoms with Crippen LogP contribution in [0.4, 0.5) is 0 Å². The maximum Gasteiger partial charge on any atom is 0.245 e. The Balaban J connectivity index is 1.52. The molecule has 3 unspecified atom stereocenters. The minimum Gasteiger partial charge on any atom is -0.379 e. The van der Waals surface area contributed by atoms with Crippen molar-refractivity contribution in [2.45, 2.75) is 56.4 Å². The number of carbonyl (C=O) groups is 1. The second-order valence-electron chi connectivity index (χ2n) is 7.83. The summed E-state index contributed by atoms with van der Waals surface area (Å²) < 4.78 is 5.48. The van der Waals surface area contributed by atoms with E-state index in [1.165, 1.54) is 32.1 Å². The summed E-state index contributed by atoms with van der Waals surface area (Å²) in [5.41, 5.74) is -0.418. The second kappa shape index (κ2) is 6.31. The van der Waals surface area contributed by atoms with Crippen LogP contribution >= 0.6 is 0 Å². The monoisotopic (exact) mass is 322 g/mol. The molecule has 0 aromatic carbocycles. The van der Waals surface area contributed by atoms with E-state index < -0.39 is 5.54 Å². The highest BCUT2D eigenvalue weighted by Crippen LogP contribution is 2.36. The van der Waals surface area contributed by atoms with E-state index in [9.17, 15) is 4.79 Å². The van der Waals surface area contributed by atoms with Crippen molar-refractivity contribution in [1.29, 1.82) is 0 Å². The van der Waals surface area contributed by atoms with Crippen LogP contribution in [0.25, 0.3) is 0 Å². The molecule has 3 saturated heterocycles. The van der Waals surface area contributed by atoms with Gasteiger partial charge in [-0.15, -0.1) is 0 Å². The van der Waals surface area contributed by atoms with Gasteiger partial charge in [0.15, 0.2) is 0 Å². The normalized spacial score (nSPS) is 39.3. The largest absolute Gasteiger partial charge is 0.379 e. The van der Waals surface area contributed by atoms with Gasteiger partial charge in [0.05, 0.1) is 19.4 Å². The molecule has 3 aliphatic heterocycles. The van der Waals surface area contributed by atoms with Crippen molar-refractivity contribution in [1.82, 2.24) is 20.4 Å². The molecule has 2 N–H and O–H groups in total. The van der Waals surface area contributed by atoms with E-state index in [0.29, 0.717) is 5.92 Å². The van der Waals surface area contributed by atoms with Gasteiger partial charge in [0.1, 0.15) is 11.7 Å². The van der Waals surface area contributed by atoms with Crippen LogP contribution in [-0.4, -0.2) is 73.5 Å². The smallest absolute Gasteiger partial charge is 0.245 e. The first-order valence-electron chi connectivity index (χ1n) is 9.29. The van der Waals surface area contributed by atoms with Gasteiger partial charge in [0.25, 0.3) is 0 Å². The minimum absolute atomic E-state index is 0.201. The van der Waals surface area contributed by atoms with Gasteiger partial charge in [0, 0.05) is 26.7 Å². The highest BCUT2D eigenvalue weighted by atomic mass is 16.5. The van der Waals surface area contributed by atoms with Crippen LogP contribution in [0.2, 0.25) is 0 Å². The van der Waals surface area contributed by atoms with Gasteiger partial charge in [-0.2, -0.15) is 0 Å². The van der Waals surface area contributed by atoms with Crippen molar-refractivity contribution in [2.75, 3.05) is 39.9 Å². The number of rotatable bonds is 4.